The molecule has 1 N–H and O–H groups in total. The minimum Gasteiger partial charge on any atom is -0.340 e. The molecule has 2 unspecified atom stereocenters. The van der Waals surface area contributed by atoms with Crippen LogP contribution in [-0.4, -0.2) is 45.8 Å². The number of thioether (sulfide) groups is 1. The molecule has 20 heavy (non-hydrogen) atoms. The Hall–Kier alpha value is -0.710. The van der Waals surface area contributed by atoms with Crippen LogP contribution in [0.15, 0.2) is 0 Å². The third-order valence-electron chi connectivity index (χ3n) is 4.76. The monoisotopic (exact) mass is 298 g/mol. The van der Waals surface area contributed by atoms with Crippen molar-refractivity contribution < 1.29 is 9.59 Å². The van der Waals surface area contributed by atoms with Crippen molar-refractivity contribution in [2.45, 2.75) is 69.7 Å². The van der Waals surface area contributed by atoms with Crippen LogP contribution in [0.1, 0.15) is 52.9 Å². The maximum absolute atomic E-state index is 12.8. The van der Waals surface area contributed by atoms with Crippen molar-refractivity contribution in [1.29, 1.82) is 0 Å². The molecule has 0 aromatic rings. The van der Waals surface area contributed by atoms with Gasteiger partial charge in [0.1, 0.15) is 11.6 Å². The first-order valence-corrected chi connectivity index (χ1v) is 8.83. The zero-order chi connectivity index (χ0) is 14.8. The average Bonchev–Trinajstić information content (AvgIpc) is 2.48. The zero-order valence-electron chi connectivity index (χ0n) is 12.8. The summed E-state index contributed by atoms with van der Waals surface area (Å²) in [5, 5.41) is 3.45. The number of carbonyl (C=O) groups is 2. The Labute approximate surface area is 126 Å². The normalized spacial score (nSPS) is 30.2. The molecule has 4 nitrogen and oxygen atoms in total. The number of carbonyl (C=O) groups excluding carboxylic acids is 2. The van der Waals surface area contributed by atoms with E-state index in [1.54, 1.807) is 0 Å². The van der Waals surface area contributed by atoms with Crippen LogP contribution in [0.25, 0.3) is 0 Å². The number of nitrogens with one attached hydrogen (secondary N) is 1. The van der Waals surface area contributed by atoms with E-state index in [1.807, 2.05) is 37.4 Å². The molecule has 114 valence electrons. The molecule has 0 spiro atoms. The van der Waals surface area contributed by atoms with E-state index in [-0.39, 0.29) is 17.9 Å². The molecule has 5 heteroatoms. The number of hydrogen-bond acceptors (Lipinski definition) is 3. The fourth-order valence-electron chi connectivity index (χ4n) is 3.13. The van der Waals surface area contributed by atoms with E-state index in [2.05, 4.69) is 5.32 Å². The first-order valence-electron chi connectivity index (χ1n) is 7.78. The van der Waals surface area contributed by atoms with E-state index in [9.17, 15) is 9.59 Å². The van der Waals surface area contributed by atoms with Crippen LogP contribution in [0.3, 0.4) is 0 Å². The molecule has 2 amide bonds. The van der Waals surface area contributed by atoms with E-state index in [4.69, 9.17) is 0 Å². The Balaban J connectivity index is 2.15. The number of rotatable bonds is 4. The van der Waals surface area contributed by atoms with Gasteiger partial charge in [0.05, 0.1) is 0 Å². The molecule has 2 aliphatic rings. The average molecular weight is 298 g/mol. The van der Waals surface area contributed by atoms with Crippen LogP contribution in [0, 0.1) is 0 Å². The first-order chi connectivity index (χ1) is 9.54. The highest BCUT2D eigenvalue weighted by molar-refractivity contribution is 7.99. The van der Waals surface area contributed by atoms with Crippen molar-refractivity contribution in [1.82, 2.24) is 10.2 Å². The third kappa shape index (κ3) is 2.83. The Kier molecular flexibility index (Phi) is 4.99. The number of piperazine rings is 1. The van der Waals surface area contributed by atoms with Gasteiger partial charge in [0.2, 0.25) is 11.8 Å². The molecule has 2 atom stereocenters. The predicted molar refractivity (Wildman–Crippen MR) is 82.7 cm³/mol. The molecule has 2 heterocycles. The van der Waals surface area contributed by atoms with Crippen LogP contribution in [0.4, 0.5) is 0 Å². The van der Waals surface area contributed by atoms with Gasteiger partial charge in [-0.3, -0.25) is 9.59 Å². The number of nitrogens with zero attached hydrogens (tertiary/aromatic N) is 1. The van der Waals surface area contributed by atoms with Crippen LogP contribution in [0.2, 0.25) is 0 Å². The van der Waals surface area contributed by atoms with Gasteiger partial charge in [0.25, 0.3) is 0 Å². The molecule has 0 aromatic carbocycles. The number of amides is 2. The van der Waals surface area contributed by atoms with Gasteiger partial charge in [-0.1, -0.05) is 20.3 Å². The molecule has 2 aliphatic heterocycles. The molecule has 0 bridgehead atoms. The van der Waals surface area contributed by atoms with Crippen LogP contribution >= 0.6 is 11.8 Å². The highest BCUT2D eigenvalue weighted by atomic mass is 32.2. The van der Waals surface area contributed by atoms with E-state index >= 15 is 0 Å². The SMILES string of the molecule is CCC1(CC)NC(=O)C(C)N(CC2CCCCS2)C1=O. The lowest BCUT2D eigenvalue weighted by atomic mass is 9.87. The summed E-state index contributed by atoms with van der Waals surface area (Å²) in [4.78, 5) is 26.9. The van der Waals surface area contributed by atoms with Gasteiger partial charge < -0.3 is 10.2 Å². The highest BCUT2D eigenvalue weighted by Crippen LogP contribution is 2.30. The Bertz CT molecular complexity index is 376. The minimum absolute atomic E-state index is 0.00545. The lowest BCUT2D eigenvalue weighted by molar-refractivity contribution is -0.154. The minimum atomic E-state index is -0.678. The summed E-state index contributed by atoms with van der Waals surface area (Å²) in [5.74, 6) is 1.29. The fourth-order valence-corrected chi connectivity index (χ4v) is 4.43. The number of hydrogen-bond donors (Lipinski definition) is 1. The standard InChI is InChI=1S/C15H26N2O2S/c1-4-15(5-2)14(19)17(11(3)13(18)16-15)10-12-8-6-7-9-20-12/h11-12H,4-10H2,1-3H3,(H,16,18). The molecular weight excluding hydrogens is 272 g/mol. The highest BCUT2D eigenvalue weighted by Gasteiger charge is 2.47. The second kappa shape index (κ2) is 6.37. The van der Waals surface area contributed by atoms with Crippen LogP contribution in [0.5, 0.6) is 0 Å². The Morgan fingerprint density at radius 3 is 2.55 bits per heavy atom. The van der Waals surface area contributed by atoms with Crippen LogP contribution in [-0.2, 0) is 9.59 Å². The van der Waals surface area contributed by atoms with Gasteiger partial charge in [-0.05, 0) is 38.4 Å². The van der Waals surface area contributed by atoms with Gasteiger partial charge in [-0.25, -0.2) is 0 Å². The molecule has 0 aromatic heterocycles. The largest absolute Gasteiger partial charge is 0.340 e. The maximum atomic E-state index is 12.8. The van der Waals surface area contributed by atoms with Crippen molar-refractivity contribution in [3.8, 4) is 0 Å². The molecule has 2 rings (SSSR count). The molecule has 0 radical (unpaired) electrons. The second-order valence-corrected chi connectivity index (χ2v) is 7.31. The van der Waals surface area contributed by atoms with E-state index in [0.717, 1.165) is 13.0 Å². The first kappa shape index (κ1) is 15.7. The summed E-state index contributed by atoms with van der Waals surface area (Å²) < 4.78 is 0. The van der Waals surface area contributed by atoms with Crippen molar-refractivity contribution in [2.75, 3.05) is 12.3 Å². The summed E-state index contributed by atoms with van der Waals surface area (Å²) in [5.41, 5.74) is -0.678. The van der Waals surface area contributed by atoms with E-state index in [1.165, 1.54) is 18.6 Å². The van der Waals surface area contributed by atoms with Gasteiger partial charge in [0.15, 0.2) is 0 Å². The summed E-state index contributed by atoms with van der Waals surface area (Å²) in [6.07, 6.45) is 5.00. The van der Waals surface area contributed by atoms with Crippen molar-refractivity contribution in [3.05, 3.63) is 0 Å². The molecule has 2 saturated heterocycles. The lowest BCUT2D eigenvalue weighted by Gasteiger charge is -2.45. The summed E-state index contributed by atoms with van der Waals surface area (Å²) in [6.45, 7) is 6.52. The van der Waals surface area contributed by atoms with Gasteiger partial charge >= 0.3 is 0 Å². The summed E-state index contributed by atoms with van der Waals surface area (Å²) in [6, 6.07) is -0.337. The van der Waals surface area contributed by atoms with Crippen molar-refractivity contribution in [3.63, 3.8) is 0 Å². The summed E-state index contributed by atoms with van der Waals surface area (Å²) >= 11 is 1.95. The Morgan fingerprint density at radius 2 is 2.00 bits per heavy atom. The van der Waals surface area contributed by atoms with Crippen molar-refractivity contribution >= 4 is 23.6 Å². The lowest BCUT2D eigenvalue weighted by Crippen LogP contribution is -2.70. The summed E-state index contributed by atoms with van der Waals surface area (Å²) in [7, 11) is 0. The smallest absolute Gasteiger partial charge is 0.249 e. The van der Waals surface area contributed by atoms with Gasteiger partial charge in [0, 0.05) is 11.8 Å². The third-order valence-corrected chi connectivity index (χ3v) is 6.14. The van der Waals surface area contributed by atoms with Gasteiger partial charge in [-0.15, -0.1) is 0 Å². The van der Waals surface area contributed by atoms with E-state index < -0.39 is 5.54 Å². The molecule has 0 aliphatic carbocycles. The second-order valence-electron chi connectivity index (χ2n) is 5.90. The topological polar surface area (TPSA) is 49.4 Å². The Morgan fingerprint density at radius 1 is 1.30 bits per heavy atom. The molecule has 2 fully saturated rings. The maximum Gasteiger partial charge on any atom is 0.249 e. The van der Waals surface area contributed by atoms with Gasteiger partial charge in [-0.2, -0.15) is 11.8 Å². The quantitative estimate of drug-likeness (QED) is 0.865. The fraction of sp³-hybridized carbons (Fsp3) is 0.867. The van der Waals surface area contributed by atoms with E-state index in [0.29, 0.717) is 18.1 Å². The molecule has 0 saturated carbocycles. The van der Waals surface area contributed by atoms with Crippen molar-refractivity contribution in [2.24, 2.45) is 0 Å². The molecular formula is C15H26N2O2S. The predicted octanol–water partition coefficient (Wildman–Crippen LogP) is 2.18. The zero-order valence-corrected chi connectivity index (χ0v) is 13.6. The van der Waals surface area contributed by atoms with Crippen LogP contribution < -0.4 is 5.32 Å².